The molecule has 1 unspecified atom stereocenters. The largest absolute Gasteiger partial charge is 0.325 e. The van der Waals surface area contributed by atoms with Crippen LogP contribution in [0.3, 0.4) is 0 Å². The van der Waals surface area contributed by atoms with Crippen LogP contribution in [0.4, 0.5) is 5.69 Å². The maximum atomic E-state index is 12.9. The van der Waals surface area contributed by atoms with E-state index in [1.54, 1.807) is 28.9 Å². The van der Waals surface area contributed by atoms with E-state index < -0.39 is 6.04 Å². The Kier molecular flexibility index (Phi) is 4.95. The van der Waals surface area contributed by atoms with Crippen LogP contribution in [0.15, 0.2) is 46.9 Å². The number of piperazine rings is 1. The van der Waals surface area contributed by atoms with Crippen molar-refractivity contribution in [2.45, 2.75) is 26.8 Å². The number of halogens is 1. The summed E-state index contributed by atoms with van der Waals surface area (Å²) >= 11 is 3.39. The summed E-state index contributed by atoms with van der Waals surface area (Å²) in [4.78, 5) is 29.1. The van der Waals surface area contributed by atoms with Crippen LogP contribution in [-0.2, 0) is 4.79 Å². The molecule has 1 aliphatic heterocycles. The van der Waals surface area contributed by atoms with Crippen LogP contribution >= 0.6 is 15.9 Å². The summed E-state index contributed by atoms with van der Waals surface area (Å²) in [6.07, 6.45) is 0. The van der Waals surface area contributed by atoms with Crippen LogP contribution in [0.2, 0.25) is 0 Å². The minimum atomic E-state index is -0.484. The first-order valence-corrected chi connectivity index (χ1v) is 9.13. The quantitative estimate of drug-likeness (QED) is 0.765. The van der Waals surface area contributed by atoms with Gasteiger partial charge in [0.1, 0.15) is 6.04 Å². The van der Waals surface area contributed by atoms with E-state index >= 15 is 0 Å². The molecule has 1 saturated heterocycles. The first kappa shape index (κ1) is 17.7. The fraction of sp³-hybridized carbons (Fsp3) is 0.300. The van der Waals surface area contributed by atoms with Crippen LogP contribution in [0.1, 0.15) is 28.4 Å². The number of aryl methyl sites for hydroxylation is 2. The lowest BCUT2D eigenvalue weighted by atomic mass is 10.1. The Balaban J connectivity index is 1.81. The lowest BCUT2D eigenvalue weighted by molar-refractivity contribution is -0.124. The zero-order chi connectivity index (χ0) is 18.1. The van der Waals surface area contributed by atoms with E-state index in [2.05, 4.69) is 22.9 Å². The molecule has 0 radical (unpaired) electrons. The summed E-state index contributed by atoms with van der Waals surface area (Å²) in [7, 11) is 0. The molecule has 0 aromatic heterocycles. The van der Waals surface area contributed by atoms with Gasteiger partial charge in [0.2, 0.25) is 5.91 Å². The molecule has 2 aromatic rings. The van der Waals surface area contributed by atoms with Crippen molar-refractivity contribution >= 4 is 33.4 Å². The zero-order valence-electron chi connectivity index (χ0n) is 14.6. The minimum Gasteiger partial charge on any atom is -0.325 e. The van der Waals surface area contributed by atoms with E-state index in [9.17, 15) is 9.59 Å². The molecule has 0 bridgehead atoms. The summed E-state index contributed by atoms with van der Waals surface area (Å²) in [5, 5.41) is 0. The molecule has 2 amide bonds. The van der Waals surface area contributed by atoms with E-state index in [0.29, 0.717) is 18.7 Å². The summed E-state index contributed by atoms with van der Waals surface area (Å²) < 4.78 is 0.853. The van der Waals surface area contributed by atoms with Gasteiger partial charge in [0.25, 0.3) is 5.91 Å². The molecular formula is C20H21BrN2O2. The van der Waals surface area contributed by atoms with E-state index in [0.717, 1.165) is 15.7 Å². The van der Waals surface area contributed by atoms with E-state index in [4.69, 9.17) is 0 Å². The number of nitrogens with zero attached hydrogens (tertiary/aromatic N) is 2. The maximum absolute atomic E-state index is 12.9. The third kappa shape index (κ3) is 3.47. The van der Waals surface area contributed by atoms with Gasteiger partial charge in [-0.25, -0.2) is 0 Å². The van der Waals surface area contributed by atoms with Gasteiger partial charge in [-0.3, -0.25) is 9.59 Å². The van der Waals surface area contributed by atoms with Crippen molar-refractivity contribution < 1.29 is 9.59 Å². The van der Waals surface area contributed by atoms with Crippen molar-refractivity contribution in [3.8, 4) is 0 Å². The number of benzene rings is 2. The predicted molar refractivity (Wildman–Crippen MR) is 103 cm³/mol. The average Bonchev–Trinajstić information content (AvgIpc) is 2.59. The molecule has 0 spiro atoms. The van der Waals surface area contributed by atoms with Crippen molar-refractivity contribution in [2.24, 2.45) is 0 Å². The third-order valence-electron chi connectivity index (χ3n) is 4.79. The molecule has 1 heterocycles. The summed E-state index contributed by atoms with van der Waals surface area (Å²) in [5.74, 6) is -0.153. The Morgan fingerprint density at radius 3 is 2.52 bits per heavy atom. The second-order valence-corrected chi connectivity index (χ2v) is 7.36. The number of hydrogen-bond donors (Lipinski definition) is 0. The van der Waals surface area contributed by atoms with Crippen molar-refractivity contribution in [1.82, 2.24) is 4.90 Å². The molecule has 25 heavy (non-hydrogen) atoms. The van der Waals surface area contributed by atoms with Gasteiger partial charge in [0, 0.05) is 28.8 Å². The average molecular weight is 401 g/mol. The second-order valence-electron chi connectivity index (χ2n) is 6.44. The first-order valence-electron chi connectivity index (χ1n) is 8.33. The number of carbonyl (C=O) groups is 2. The highest BCUT2D eigenvalue weighted by Crippen LogP contribution is 2.24. The zero-order valence-corrected chi connectivity index (χ0v) is 16.2. The lowest BCUT2D eigenvalue weighted by Gasteiger charge is -2.39. The highest BCUT2D eigenvalue weighted by Gasteiger charge is 2.35. The van der Waals surface area contributed by atoms with Crippen molar-refractivity contribution in [3.63, 3.8) is 0 Å². The maximum Gasteiger partial charge on any atom is 0.254 e. The summed E-state index contributed by atoms with van der Waals surface area (Å²) in [6.45, 7) is 6.92. The minimum absolute atomic E-state index is 0.0437. The SMILES string of the molecule is Cc1ccc(N2CCN(C(=O)c3cccc(Br)c3)C(C)C2=O)cc1C. The second kappa shape index (κ2) is 7.00. The van der Waals surface area contributed by atoms with Gasteiger partial charge in [0.05, 0.1) is 0 Å². The van der Waals surface area contributed by atoms with Gasteiger partial charge < -0.3 is 9.80 Å². The van der Waals surface area contributed by atoms with Crippen molar-refractivity contribution in [2.75, 3.05) is 18.0 Å². The van der Waals surface area contributed by atoms with Crippen LogP contribution in [0.5, 0.6) is 0 Å². The number of rotatable bonds is 2. The molecule has 3 rings (SSSR count). The Hall–Kier alpha value is -2.14. The molecule has 1 atom stereocenters. The smallest absolute Gasteiger partial charge is 0.254 e. The normalized spacial score (nSPS) is 17.8. The van der Waals surface area contributed by atoms with Crippen LogP contribution in [0, 0.1) is 13.8 Å². The van der Waals surface area contributed by atoms with Gasteiger partial charge in [-0.2, -0.15) is 0 Å². The van der Waals surface area contributed by atoms with Gasteiger partial charge in [-0.15, -0.1) is 0 Å². The van der Waals surface area contributed by atoms with Crippen molar-refractivity contribution in [3.05, 3.63) is 63.6 Å². The van der Waals surface area contributed by atoms with E-state index in [1.165, 1.54) is 5.56 Å². The summed E-state index contributed by atoms with van der Waals surface area (Å²) in [6, 6.07) is 12.8. The number of anilines is 1. The topological polar surface area (TPSA) is 40.6 Å². The molecule has 1 aliphatic rings. The number of carbonyl (C=O) groups excluding carboxylic acids is 2. The van der Waals surface area contributed by atoms with Gasteiger partial charge in [-0.05, 0) is 62.2 Å². The standard InChI is InChI=1S/C20H21BrN2O2/c1-13-7-8-18(11-14(13)2)23-10-9-22(15(3)19(23)24)20(25)16-5-4-6-17(21)12-16/h4-8,11-12,15H,9-10H2,1-3H3. The molecule has 1 fully saturated rings. The Morgan fingerprint density at radius 2 is 1.84 bits per heavy atom. The third-order valence-corrected chi connectivity index (χ3v) is 5.28. The van der Waals surface area contributed by atoms with Crippen molar-refractivity contribution in [1.29, 1.82) is 0 Å². The molecule has 130 valence electrons. The molecule has 5 heteroatoms. The molecule has 2 aromatic carbocycles. The molecule has 0 N–H and O–H groups in total. The van der Waals surface area contributed by atoms with Gasteiger partial charge in [0.15, 0.2) is 0 Å². The highest BCUT2D eigenvalue weighted by atomic mass is 79.9. The molecule has 0 saturated carbocycles. The predicted octanol–water partition coefficient (Wildman–Crippen LogP) is 3.94. The lowest BCUT2D eigenvalue weighted by Crippen LogP contribution is -2.57. The summed E-state index contributed by atoms with van der Waals surface area (Å²) in [5.41, 5.74) is 3.85. The first-order chi connectivity index (χ1) is 11.9. The van der Waals surface area contributed by atoms with E-state index in [-0.39, 0.29) is 11.8 Å². The molecular weight excluding hydrogens is 380 g/mol. The molecule has 4 nitrogen and oxygen atoms in total. The van der Waals surface area contributed by atoms with Crippen LogP contribution in [0.25, 0.3) is 0 Å². The van der Waals surface area contributed by atoms with Gasteiger partial charge >= 0.3 is 0 Å². The number of hydrogen-bond acceptors (Lipinski definition) is 2. The van der Waals surface area contributed by atoms with Crippen LogP contribution < -0.4 is 4.90 Å². The Morgan fingerprint density at radius 1 is 1.08 bits per heavy atom. The highest BCUT2D eigenvalue weighted by molar-refractivity contribution is 9.10. The monoisotopic (exact) mass is 400 g/mol. The fourth-order valence-electron chi connectivity index (χ4n) is 3.09. The van der Waals surface area contributed by atoms with Gasteiger partial charge in [-0.1, -0.05) is 28.1 Å². The number of amides is 2. The molecule has 0 aliphatic carbocycles. The Bertz CT molecular complexity index is 834. The van der Waals surface area contributed by atoms with E-state index in [1.807, 2.05) is 37.3 Å². The van der Waals surface area contributed by atoms with Crippen LogP contribution in [-0.4, -0.2) is 35.8 Å². The fourth-order valence-corrected chi connectivity index (χ4v) is 3.48. The Labute approximate surface area is 156 Å².